The number of carbonyl (C=O) groups excluding carboxylic acids is 1. The zero-order chi connectivity index (χ0) is 16.9. The van der Waals surface area contributed by atoms with E-state index in [-0.39, 0.29) is 17.5 Å². The molecule has 0 saturated carbocycles. The van der Waals surface area contributed by atoms with Crippen molar-refractivity contribution in [2.75, 3.05) is 13.7 Å². The lowest BCUT2D eigenvalue weighted by Gasteiger charge is -2.30. The molecule has 1 aliphatic heterocycles. The number of rotatable bonds is 3. The number of aromatic nitrogens is 1. The normalized spacial score (nSPS) is 18.0. The summed E-state index contributed by atoms with van der Waals surface area (Å²) in [4.78, 5) is 28.7. The van der Waals surface area contributed by atoms with Crippen molar-refractivity contribution in [3.63, 3.8) is 0 Å². The van der Waals surface area contributed by atoms with E-state index in [0.29, 0.717) is 5.56 Å². The van der Waals surface area contributed by atoms with Crippen LogP contribution >= 0.6 is 0 Å². The fourth-order valence-corrected chi connectivity index (χ4v) is 3.23. The molecule has 1 N–H and O–H groups in total. The van der Waals surface area contributed by atoms with Crippen molar-refractivity contribution in [2.45, 2.75) is 31.7 Å². The highest BCUT2D eigenvalue weighted by atomic mass is 16.5. The van der Waals surface area contributed by atoms with E-state index < -0.39 is 0 Å². The first-order valence-corrected chi connectivity index (χ1v) is 8.32. The predicted molar refractivity (Wildman–Crippen MR) is 92.3 cm³/mol. The number of amides is 1. The average Bonchev–Trinajstić information content (AvgIpc) is 2.88. The maximum absolute atomic E-state index is 12.9. The first kappa shape index (κ1) is 16.3. The Bertz CT molecular complexity index is 731. The van der Waals surface area contributed by atoms with Gasteiger partial charge in [0.2, 0.25) is 5.56 Å². The van der Waals surface area contributed by atoms with Crippen LogP contribution in [0.2, 0.25) is 0 Å². The molecule has 2 heterocycles. The van der Waals surface area contributed by atoms with E-state index in [1.165, 1.54) is 12.3 Å². The lowest BCUT2D eigenvalue weighted by molar-refractivity contribution is 0.0680. The Kier molecular flexibility index (Phi) is 4.99. The van der Waals surface area contributed by atoms with E-state index in [1.807, 2.05) is 29.2 Å². The monoisotopic (exact) mass is 326 g/mol. The van der Waals surface area contributed by atoms with Crippen LogP contribution in [0.5, 0.6) is 5.75 Å². The molecule has 1 amide bonds. The van der Waals surface area contributed by atoms with Gasteiger partial charge in [0.25, 0.3) is 5.91 Å². The van der Waals surface area contributed by atoms with Gasteiger partial charge >= 0.3 is 0 Å². The molecule has 1 aromatic heterocycles. The summed E-state index contributed by atoms with van der Waals surface area (Å²) in [5.41, 5.74) is 1.44. The summed E-state index contributed by atoms with van der Waals surface area (Å²) in [6.45, 7) is 0.731. The highest BCUT2D eigenvalue weighted by Crippen LogP contribution is 2.32. The molecule has 24 heavy (non-hydrogen) atoms. The van der Waals surface area contributed by atoms with Gasteiger partial charge in [0.15, 0.2) is 0 Å². The molecule has 0 bridgehead atoms. The number of likely N-dealkylation sites (tertiary alicyclic amines) is 1. The second-order valence-corrected chi connectivity index (χ2v) is 6.08. The summed E-state index contributed by atoms with van der Waals surface area (Å²) in [5, 5.41) is 0. The minimum absolute atomic E-state index is 0.0334. The topological polar surface area (TPSA) is 62.4 Å². The van der Waals surface area contributed by atoms with Gasteiger partial charge in [-0.05, 0) is 36.6 Å². The van der Waals surface area contributed by atoms with Crippen LogP contribution in [-0.2, 0) is 0 Å². The van der Waals surface area contributed by atoms with Crippen LogP contribution in [0.25, 0.3) is 0 Å². The third-order valence-electron chi connectivity index (χ3n) is 4.55. The predicted octanol–water partition coefficient (Wildman–Crippen LogP) is 3.14. The van der Waals surface area contributed by atoms with Gasteiger partial charge in [-0.2, -0.15) is 0 Å². The van der Waals surface area contributed by atoms with Crippen molar-refractivity contribution in [1.29, 1.82) is 0 Å². The molecule has 1 aromatic carbocycles. The number of hydrogen-bond donors (Lipinski definition) is 1. The highest BCUT2D eigenvalue weighted by Gasteiger charge is 2.27. The SMILES string of the molecule is COc1ccc([C@@H]2CCCCCN2C(=O)c2ccc(=O)[nH]c2)cc1. The van der Waals surface area contributed by atoms with Crippen molar-refractivity contribution in [3.8, 4) is 5.75 Å². The lowest BCUT2D eigenvalue weighted by Crippen LogP contribution is -2.35. The van der Waals surface area contributed by atoms with Crippen molar-refractivity contribution >= 4 is 5.91 Å². The molecule has 126 valence electrons. The van der Waals surface area contributed by atoms with E-state index in [9.17, 15) is 9.59 Å². The number of aromatic amines is 1. The largest absolute Gasteiger partial charge is 0.497 e. The minimum Gasteiger partial charge on any atom is -0.497 e. The van der Waals surface area contributed by atoms with Crippen LogP contribution in [0, 0.1) is 0 Å². The van der Waals surface area contributed by atoms with Gasteiger partial charge < -0.3 is 14.6 Å². The number of nitrogens with zero attached hydrogens (tertiary/aromatic N) is 1. The second kappa shape index (κ2) is 7.34. The van der Waals surface area contributed by atoms with Gasteiger partial charge in [0, 0.05) is 18.8 Å². The average molecular weight is 326 g/mol. The van der Waals surface area contributed by atoms with E-state index in [1.54, 1.807) is 13.2 Å². The number of methoxy groups -OCH3 is 1. The molecule has 5 nitrogen and oxygen atoms in total. The van der Waals surface area contributed by atoms with Crippen molar-refractivity contribution in [1.82, 2.24) is 9.88 Å². The third-order valence-corrected chi connectivity index (χ3v) is 4.55. The van der Waals surface area contributed by atoms with Crippen LogP contribution in [0.3, 0.4) is 0 Å². The van der Waals surface area contributed by atoms with Gasteiger partial charge in [-0.3, -0.25) is 9.59 Å². The maximum atomic E-state index is 12.9. The molecular formula is C19H22N2O3. The summed E-state index contributed by atoms with van der Waals surface area (Å²) in [7, 11) is 1.65. The van der Waals surface area contributed by atoms with Crippen LogP contribution in [0.4, 0.5) is 0 Å². The summed E-state index contributed by atoms with van der Waals surface area (Å²) in [5.74, 6) is 0.778. The molecule has 0 radical (unpaired) electrons. The van der Waals surface area contributed by atoms with Crippen LogP contribution in [0.1, 0.15) is 47.6 Å². The smallest absolute Gasteiger partial charge is 0.255 e. The third kappa shape index (κ3) is 3.50. The van der Waals surface area contributed by atoms with E-state index in [0.717, 1.165) is 43.5 Å². The fourth-order valence-electron chi connectivity index (χ4n) is 3.23. The second-order valence-electron chi connectivity index (χ2n) is 6.08. The standard InChI is InChI=1S/C19H22N2O3/c1-24-16-9-6-14(7-10-16)17-5-3-2-4-12-21(17)19(23)15-8-11-18(22)20-13-15/h6-11,13,17H,2-5,12H2,1H3,(H,20,22)/t17-/m0/s1. The number of H-pyrrole nitrogens is 1. The zero-order valence-corrected chi connectivity index (χ0v) is 13.8. The summed E-state index contributed by atoms with van der Waals surface area (Å²) in [6.07, 6.45) is 5.68. The van der Waals surface area contributed by atoms with E-state index in [4.69, 9.17) is 4.74 Å². The van der Waals surface area contributed by atoms with Crippen LogP contribution in [0.15, 0.2) is 47.4 Å². The maximum Gasteiger partial charge on any atom is 0.255 e. The van der Waals surface area contributed by atoms with E-state index >= 15 is 0 Å². The Morgan fingerprint density at radius 2 is 1.92 bits per heavy atom. The molecule has 1 saturated heterocycles. The molecule has 2 aromatic rings. The van der Waals surface area contributed by atoms with Crippen molar-refractivity contribution < 1.29 is 9.53 Å². The lowest BCUT2D eigenvalue weighted by atomic mass is 10.00. The molecule has 0 aliphatic carbocycles. The number of ether oxygens (including phenoxy) is 1. The van der Waals surface area contributed by atoms with Gasteiger partial charge in [-0.15, -0.1) is 0 Å². The van der Waals surface area contributed by atoms with Gasteiger partial charge in [-0.1, -0.05) is 25.0 Å². The van der Waals surface area contributed by atoms with E-state index in [2.05, 4.69) is 4.98 Å². The van der Waals surface area contributed by atoms with Gasteiger partial charge in [-0.25, -0.2) is 0 Å². The zero-order valence-electron chi connectivity index (χ0n) is 13.8. The van der Waals surface area contributed by atoms with Crippen LogP contribution in [-0.4, -0.2) is 29.4 Å². The quantitative estimate of drug-likeness (QED) is 0.942. The van der Waals surface area contributed by atoms with Gasteiger partial charge in [0.1, 0.15) is 5.75 Å². The summed E-state index contributed by atoms with van der Waals surface area (Å²) < 4.78 is 5.22. The molecule has 0 spiro atoms. The number of hydrogen-bond acceptors (Lipinski definition) is 3. The molecule has 1 atom stereocenters. The van der Waals surface area contributed by atoms with Crippen LogP contribution < -0.4 is 10.3 Å². The van der Waals surface area contributed by atoms with Crippen molar-refractivity contribution in [2.24, 2.45) is 0 Å². The Balaban J connectivity index is 1.90. The summed E-state index contributed by atoms with van der Waals surface area (Å²) in [6, 6.07) is 11.0. The molecule has 3 rings (SSSR count). The van der Waals surface area contributed by atoms with Gasteiger partial charge in [0.05, 0.1) is 18.7 Å². The Hall–Kier alpha value is -2.56. The number of pyridine rings is 1. The Labute approximate surface area is 141 Å². The Morgan fingerprint density at radius 1 is 1.12 bits per heavy atom. The molecule has 0 unspecified atom stereocenters. The molecule has 5 heteroatoms. The fraction of sp³-hybridized carbons (Fsp3) is 0.368. The summed E-state index contributed by atoms with van der Waals surface area (Å²) >= 11 is 0. The minimum atomic E-state index is -0.200. The number of nitrogens with one attached hydrogen (secondary N) is 1. The van der Waals surface area contributed by atoms with Crippen molar-refractivity contribution in [3.05, 3.63) is 64.1 Å². The highest BCUT2D eigenvalue weighted by molar-refractivity contribution is 5.94. The number of carbonyl (C=O) groups is 1. The number of benzene rings is 1. The molecule has 1 aliphatic rings. The first-order valence-electron chi connectivity index (χ1n) is 8.32. The molecule has 1 fully saturated rings. The first-order chi connectivity index (χ1) is 11.7. The molecular weight excluding hydrogens is 304 g/mol. The Morgan fingerprint density at radius 3 is 2.58 bits per heavy atom.